The van der Waals surface area contributed by atoms with Crippen molar-refractivity contribution in [3.63, 3.8) is 0 Å². The third kappa shape index (κ3) is 6.69. The van der Waals surface area contributed by atoms with Gasteiger partial charge in [0.05, 0.1) is 29.8 Å². The number of halogens is 1. The smallest absolute Gasteiger partial charge is 0.276 e. The van der Waals surface area contributed by atoms with Gasteiger partial charge >= 0.3 is 0 Å². The molecule has 5 rings (SSSR count). The van der Waals surface area contributed by atoms with Gasteiger partial charge in [-0.2, -0.15) is 0 Å². The SMILES string of the molecule is NCCC[C@@H](N)C(=O)CC1CCC(Nc2cc(NC3CC3)c3ncc(C(=O)Nc4ccncc4F)n3n2)CC1. The van der Waals surface area contributed by atoms with E-state index in [2.05, 4.69) is 31.0 Å². The third-order valence-electron chi connectivity index (χ3n) is 7.48. The minimum Gasteiger partial charge on any atom is -0.379 e. The number of fused-ring (bicyclic) bond motifs is 1. The molecule has 2 aliphatic rings. The Balaban J connectivity index is 1.27. The number of hydrogen-bond donors (Lipinski definition) is 5. The highest BCUT2D eigenvalue weighted by molar-refractivity contribution is 6.03. The summed E-state index contributed by atoms with van der Waals surface area (Å²) >= 11 is 0. The molecule has 3 aromatic rings. The van der Waals surface area contributed by atoms with Crippen LogP contribution in [0.3, 0.4) is 0 Å². The van der Waals surface area contributed by atoms with Gasteiger partial charge in [-0.05, 0) is 69.9 Å². The van der Waals surface area contributed by atoms with Crippen molar-refractivity contribution in [1.82, 2.24) is 19.6 Å². The van der Waals surface area contributed by atoms with Crippen LogP contribution in [0.4, 0.5) is 21.6 Å². The van der Waals surface area contributed by atoms with Crippen LogP contribution in [0.15, 0.2) is 30.7 Å². The maximum absolute atomic E-state index is 14.1. The van der Waals surface area contributed by atoms with Crippen molar-refractivity contribution in [1.29, 1.82) is 0 Å². The van der Waals surface area contributed by atoms with E-state index in [1.807, 2.05) is 6.07 Å². The number of nitrogens with two attached hydrogens (primary N) is 2. The number of anilines is 3. The number of aromatic nitrogens is 4. The van der Waals surface area contributed by atoms with Crippen LogP contribution >= 0.6 is 0 Å². The molecule has 208 valence electrons. The lowest BCUT2D eigenvalue weighted by atomic mass is 9.82. The molecular weight excluding hydrogens is 501 g/mol. The van der Waals surface area contributed by atoms with Crippen LogP contribution in [0.25, 0.3) is 5.65 Å². The van der Waals surface area contributed by atoms with E-state index in [-0.39, 0.29) is 23.2 Å². The minimum absolute atomic E-state index is 0.0335. The van der Waals surface area contributed by atoms with E-state index in [0.717, 1.165) is 56.8 Å². The maximum atomic E-state index is 14.1. The number of amides is 1. The Bertz CT molecular complexity index is 1320. The summed E-state index contributed by atoms with van der Waals surface area (Å²) in [4.78, 5) is 33.7. The lowest BCUT2D eigenvalue weighted by Gasteiger charge is -2.29. The van der Waals surface area contributed by atoms with E-state index in [1.54, 1.807) is 0 Å². The topological polar surface area (TPSA) is 165 Å². The molecule has 7 N–H and O–H groups in total. The van der Waals surface area contributed by atoms with Crippen LogP contribution in [0.1, 0.15) is 68.3 Å². The molecule has 1 amide bonds. The first-order valence-corrected chi connectivity index (χ1v) is 13.7. The Morgan fingerprint density at radius 2 is 1.82 bits per heavy atom. The molecule has 0 unspecified atom stereocenters. The molecule has 2 fully saturated rings. The summed E-state index contributed by atoms with van der Waals surface area (Å²) in [7, 11) is 0. The Kier molecular flexibility index (Phi) is 8.32. The molecule has 1 atom stereocenters. The number of nitrogens with one attached hydrogen (secondary N) is 3. The number of rotatable bonds is 12. The van der Waals surface area contributed by atoms with Crippen LogP contribution in [-0.2, 0) is 4.79 Å². The molecule has 2 aliphatic carbocycles. The molecule has 11 nitrogen and oxygen atoms in total. The van der Waals surface area contributed by atoms with Crippen LogP contribution < -0.4 is 27.4 Å². The van der Waals surface area contributed by atoms with Gasteiger partial charge in [-0.25, -0.2) is 13.9 Å². The second-order valence-electron chi connectivity index (χ2n) is 10.6. The van der Waals surface area contributed by atoms with Crippen LogP contribution in [0.5, 0.6) is 0 Å². The van der Waals surface area contributed by atoms with Crippen LogP contribution in [-0.4, -0.2) is 55.9 Å². The zero-order chi connectivity index (χ0) is 27.4. The number of hydrogen-bond acceptors (Lipinski definition) is 9. The van der Waals surface area contributed by atoms with E-state index in [0.29, 0.717) is 42.8 Å². The summed E-state index contributed by atoms with van der Waals surface area (Å²) in [5.74, 6) is -0.0682. The van der Waals surface area contributed by atoms with Gasteiger partial charge in [0.1, 0.15) is 11.6 Å². The van der Waals surface area contributed by atoms with Gasteiger partial charge in [0.2, 0.25) is 0 Å². The number of ketones is 1. The van der Waals surface area contributed by atoms with Crippen molar-refractivity contribution < 1.29 is 14.0 Å². The lowest BCUT2D eigenvalue weighted by molar-refractivity contribution is -0.121. The molecule has 0 spiro atoms. The molecule has 2 saturated carbocycles. The normalized spacial score (nSPS) is 20.0. The quantitative estimate of drug-likeness (QED) is 0.233. The van der Waals surface area contributed by atoms with E-state index >= 15 is 0 Å². The molecular formula is C27H36FN9O2. The van der Waals surface area contributed by atoms with E-state index in [1.165, 1.54) is 23.0 Å². The number of pyridine rings is 1. The van der Waals surface area contributed by atoms with E-state index in [4.69, 9.17) is 11.5 Å². The Morgan fingerprint density at radius 3 is 2.54 bits per heavy atom. The fraction of sp³-hybridized carbons (Fsp3) is 0.519. The fourth-order valence-electron chi connectivity index (χ4n) is 5.07. The average Bonchev–Trinajstić information content (AvgIpc) is 3.64. The van der Waals surface area contributed by atoms with Crippen LogP contribution in [0.2, 0.25) is 0 Å². The molecule has 0 radical (unpaired) electrons. The maximum Gasteiger partial charge on any atom is 0.276 e. The van der Waals surface area contributed by atoms with Gasteiger partial charge in [0, 0.05) is 30.8 Å². The largest absolute Gasteiger partial charge is 0.379 e. The number of nitrogens with zero attached hydrogens (tertiary/aromatic N) is 4. The Labute approximate surface area is 226 Å². The van der Waals surface area contributed by atoms with E-state index in [9.17, 15) is 14.0 Å². The average molecular weight is 538 g/mol. The molecule has 3 heterocycles. The van der Waals surface area contributed by atoms with Crippen molar-refractivity contribution >= 4 is 34.5 Å². The predicted molar refractivity (Wildman–Crippen MR) is 147 cm³/mol. The van der Waals surface area contributed by atoms with Gasteiger partial charge in [0.25, 0.3) is 5.91 Å². The number of imidazole rings is 1. The number of carbonyl (C=O) groups excluding carboxylic acids is 2. The fourth-order valence-corrected chi connectivity index (χ4v) is 5.07. The number of Topliss-reactive ketones (excluding diaryl/α,β-unsaturated/α-hetero) is 1. The first-order valence-electron chi connectivity index (χ1n) is 13.7. The van der Waals surface area contributed by atoms with Gasteiger partial charge in [-0.1, -0.05) is 0 Å². The second-order valence-corrected chi connectivity index (χ2v) is 10.6. The van der Waals surface area contributed by atoms with Crippen molar-refractivity contribution in [2.24, 2.45) is 17.4 Å². The monoisotopic (exact) mass is 537 g/mol. The molecule has 39 heavy (non-hydrogen) atoms. The summed E-state index contributed by atoms with van der Waals surface area (Å²) in [6.45, 7) is 0.546. The number of carbonyl (C=O) groups is 2. The summed E-state index contributed by atoms with van der Waals surface area (Å²) in [6, 6.07) is 3.46. The van der Waals surface area contributed by atoms with Crippen LogP contribution in [0, 0.1) is 11.7 Å². The zero-order valence-corrected chi connectivity index (χ0v) is 21.9. The molecule has 0 aromatic carbocycles. The van der Waals surface area contributed by atoms with E-state index < -0.39 is 17.8 Å². The highest BCUT2D eigenvalue weighted by Gasteiger charge is 2.27. The Morgan fingerprint density at radius 1 is 1.08 bits per heavy atom. The minimum atomic E-state index is -0.624. The molecule has 0 bridgehead atoms. The third-order valence-corrected chi connectivity index (χ3v) is 7.48. The summed E-state index contributed by atoms with van der Waals surface area (Å²) in [5.41, 5.74) is 13.1. The van der Waals surface area contributed by atoms with Gasteiger partial charge < -0.3 is 27.4 Å². The summed E-state index contributed by atoms with van der Waals surface area (Å²) < 4.78 is 15.6. The highest BCUT2D eigenvalue weighted by atomic mass is 19.1. The Hall–Kier alpha value is -3.64. The van der Waals surface area contributed by atoms with Crippen molar-refractivity contribution in [2.45, 2.75) is 75.9 Å². The first-order chi connectivity index (χ1) is 18.9. The second kappa shape index (κ2) is 12.0. The molecule has 3 aromatic heterocycles. The van der Waals surface area contributed by atoms with Gasteiger partial charge in [-0.3, -0.25) is 14.6 Å². The summed E-state index contributed by atoms with van der Waals surface area (Å²) in [5, 5.41) is 14.3. The first kappa shape index (κ1) is 26.9. The van der Waals surface area contributed by atoms with Crippen molar-refractivity contribution in [3.8, 4) is 0 Å². The highest BCUT2D eigenvalue weighted by Crippen LogP contribution is 2.32. The lowest BCUT2D eigenvalue weighted by Crippen LogP contribution is -2.34. The zero-order valence-electron chi connectivity index (χ0n) is 21.9. The molecule has 0 saturated heterocycles. The standard InChI is InChI=1S/C27H36FN9O2/c28-19-14-31-11-9-21(19)35-27(39)23-15-32-26-22(33-17-7-8-17)13-25(36-37(23)26)34-18-5-3-16(4-6-18)12-24(38)20(30)2-1-10-29/h9,11,13-18,20,33H,1-8,10,12,29-30H2,(H,34,36)(H,31,35,39)/t16?,18?,20-/m1/s1. The van der Waals surface area contributed by atoms with Crippen molar-refractivity contribution in [2.75, 3.05) is 22.5 Å². The molecule has 0 aliphatic heterocycles. The van der Waals surface area contributed by atoms with Gasteiger partial charge in [0.15, 0.2) is 17.2 Å². The summed E-state index contributed by atoms with van der Waals surface area (Å²) in [6.07, 6.45) is 11.6. The predicted octanol–water partition coefficient (Wildman–Crippen LogP) is 3.09. The van der Waals surface area contributed by atoms with Gasteiger partial charge in [-0.15, -0.1) is 5.10 Å². The molecule has 12 heteroatoms. The van der Waals surface area contributed by atoms with Crippen molar-refractivity contribution in [3.05, 3.63) is 42.2 Å².